The standard InChI is InChI=1S/C9H9BN6.3C6H5.Zr/c1-4-11-14-7(1)10(8-2-5-12-15-8)9-3-6-13-16-9;3*1-2-4-6-5-3-1;/h1-6H,(H,11,14)(H,12,15)(H,13,16);3*1-5H;. The average Bonchev–Trinajstić information content (AvgIpc) is 3.72. The van der Waals surface area contributed by atoms with Crippen LogP contribution in [0.2, 0.25) is 0 Å². The van der Waals surface area contributed by atoms with Crippen molar-refractivity contribution in [1.82, 2.24) is 30.6 Å². The molecule has 3 aromatic heterocycles. The molecule has 6 aromatic rings. The molecule has 0 radical (unpaired) electrons. The minimum atomic E-state index is -1.98. The van der Waals surface area contributed by atoms with Gasteiger partial charge in [-0.05, 0) is 18.2 Å². The molecule has 0 bridgehead atoms. The molecule has 6 nitrogen and oxygen atoms in total. The van der Waals surface area contributed by atoms with Gasteiger partial charge in [-0.25, -0.2) is 0 Å². The van der Waals surface area contributed by atoms with Gasteiger partial charge in [0.2, 0.25) is 0 Å². The third-order valence-electron chi connectivity index (χ3n) is 5.64. The van der Waals surface area contributed by atoms with Gasteiger partial charge in [0.05, 0.1) is 0 Å². The normalized spacial score (nSPS) is 10.3. The van der Waals surface area contributed by atoms with Crippen LogP contribution < -0.4 is 26.6 Å². The van der Waals surface area contributed by atoms with Gasteiger partial charge in [-0.2, -0.15) is 15.3 Å². The second-order valence-corrected chi connectivity index (χ2v) is 14.0. The minimum absolute atomic E-state index is 0.0382. The Hall–Kier alpha value is -3.76. The number of nitrogens with one attached hydrogen (secondary N) is 3. The van der Waals surface area contributed by atoms with Crippen LogP contribution in [0.3, 0.4) is 0 Å². The summed E-state index contributed by atoms with van der Waals surface area (Å²) in [4.78, 5) is 0. The van der Waals surface area contributed by atoms with E-state index in [0.717, 1.165) is 16.8 Å². The fourth-order valence-corrected chi connectivity index (χ4v) is 10.4. The number of aromatic nitrogens is 6. The van der Waals surface area contributed by atoms with Gasteiger partial charge in [0.15, 0.2) is 0 Å². The first-order valence-corrected chi connectivity index (χ1v) is 15.1. The van der Waals surface area contributed by atoms with Crippen LogP contribution >= 0.6 is 0 Å². The summed E-state index contributed by atoms with van der Waals surface area (Å²) >= 11 is -1.98. The topological polar surface area (TPSA) is 86.0 Å². The fourth-order valence-electron chi connectivity index (χ4n) is 4.07. The van der Waals surface area contributed by atoms with Gasteiger partial charge < -0.3 is 0 Å². The molecule has 3 aromatic carbocycles. The third kappa shape index (κ3) is 5.67. The second-order valence-electron chi connectivity index (χ2n) is 7.90. The number of hydrogen-bond acceptors (Lipinski definition) is 3. The molecule has 0 unspecified atom stereocenters. The monoisotopic (exact) mass is 533 g/mol. The average molecular weight is 535 g/mol. The van der Waals surface area contributed by atoms with Gasteiger partial charge in [-0.1, -0.05) is 0 Å². The van der Waals surface area contributed by atoms with Gasteiger partial charge in [0.1, 0.15) is 0 Å². The molecule has 0 amide bonds. The zero-order valence-electron chi connectivity index (χ0n) is 19.0. The van der Waals surface area contributed by atoms with Crippen molar-refractivity contribution >= 4 is 33.3 Å². The molecule has 0 atom stereocenters. The van der Waals surface area contributed by atoms with E-state index in [-0.39, 0.29) is 6.71 Å². The molecule has 0 aliphatic heterocycles. The molecule has 0 fully saturated rings. The van der Waals surface area contributed by atoms with E-state index in [2.05, 4.69) is 122 Å². The van der Waals surface area contributed by atoms with Crippen LogP contribution in [0.1, 0.15) is 0 Å². The molecule has 0 saturated carbocycles. The van der Waals surface area contributed by atoms with Crippen LogP contribution in [-0.4, -0.2) is 37.3 Å². The van der Waals surface area contributed by atoms with Crippen molar-refractivity contribution in [3.8, 4) is 0 Å². The summed E-state index contributed by atoms with van der Waals surface area (Å²) in [6.45, 7) is -0.0382. The van der Waals surface area contributed by atoms with Gasteiger partial charge in [0, 0.05) is 35.4 Å². The van der Waals surface area contributed by atoms with E-state index >= 15 is 0 Å². The van der Waals surface area contributed by atoms with Crippen molar-refractivity contribution < 1.29 is 21.8 Å². The van der Waals surface area contributed by atoms with Crippen LogP contribution in [0.25, 0.3) is 0 Å². The van der Waals surface area contributed by atoms with E-state index < -0.39 is 21.8 Å². The number of nitrogens with zero attached hydrogens (tertiary/aromatic N) is 3. The van der Waals surface area contributed by atoms with Crippen molar-refractivity contribution in [2.75, 3.05) is 0 Å². The number of benzene rings is 3. The SMILES string of the molecule is c1cc(B(c2cc[nH]n2)c2cc[nH]n2)n[nH]1.c1cc[c]([Zr]([c]2ccccc2)[c]2ccccc2)cc1. The maximum atomic E-state index is 4.20. The van der Waals surface area contributed by atoms with Crippen LogP contribution in [0.4, 0.5) is 0 Å². The third-order valence-corrected chi connectivity index (χ3v) is 12.4. The van der Waals surface area contributed by atoms with Crippen molar-refractivity contribution in [3.05, 3.63) is 128 Å². The summed E-state index contributed by atoms with van der Waals surface area (Å²) in [6, 6.07) is 38.7. The van der Waals surface area contributed by atoms with Gasteiger partial charge in [-0.15, -0.1) is 0 Å². The Balaban J connectivity index is 0.000000147. The Morgan fingerprint density at radius 1 is 0.429 bits per heavy atom. The first-order chi connectivity index (χ1) is 17.4. The van der Waals surface area contributed by atoms with Crippen LogP contribution in [-0.2, 0) is 21.8 Å². The molecule has 8 heteroatoms. The van der Waals surface area contributed by atoms with Gasteiger partial charge >= 0.3 is 129 Å². The zero-order valence-corrected chi connectivity index (χ0v) is 21.5. The van der Waals surface area contributed by atoms with Crippen LogP contribution in [0.15, 0.2) is 128 Å². The fraction of sp³-hybridized carbons (Fsp3) is 0. The Morgan fingerprint density at radius 3 is 1.00 bits per heavy atom. The predicted octanol–water partition coefficient (Wildman–Crippen LogP) is 0.953. The molecule has 6 rings (SSSR count). The van der Waals surface area contributed by atoms with Crippen molar-refractivity contribution in [2.24, 2.45) is 0 Å². The summed E-state index contributed by atoms with van der Waals surface area (Å²) in [5.41, 5.74) is 2.71. The first kappa shape index (κ1) is 23.0. The van der Waals surface area contributed by atoms with Crippen LogP contribution in [0, 0.1) is 0 Å². The molecule has 0 spiro atoms. The van der Waals surface area contributed by atoms with E-state index in [1.807, 2.05) is 18.2 Å². The molecule has 169 valence electrons. The van der Waals surface area contributed by atoms with E-state index in [4.69, 9.17) is 0 Å². The molecular formula is C27H24BN6Zr. The Morgan fingerprint density at radius 2 is 0.743 bits per heavy atom. The number of aromatic amines is 3. The van der Waals surface area contributed by atoms with Crippen molar-refractivity contribution in [3.63, 3.8) is 0 Å². The quantitative estimate of drug-likeness (QED) is 0.278. The summed E-state index contributed by atoms with van der Waals surface area (Å²) in [6.07, 6.45) is 5.38. The van der Waals surface area contributed by atoms with E-state index in [1.165, 1.54) is 9.81 Å². The van der Waals surface area contributed by atoms with Crippen LogP contribution in [0.5, 0.6) is 0 Å². The van der Waals surface area contributed by atoms with Gasteiger partial charge in [-0.3, -0.25) is 15.3 Å². The first-order valence-electron chi connectivity index (χ1n) is 11.4. The molecule has 3 N–H and O–H groups in total. The molecule has 35 heavy (non-hydrogen) atoms. The number of hydrogen-bond donors (Lipinski definition) is 3. The summed E-state index contributed by atoms with van der Waals surface area (Å²) in [5, 5.41) is 21.0. The molecule has 0 saturated heterocycles. The summed E-state index contributed by atoms with van der Waals surface area (Å²) < 4.78 is 4.59. The second kappa shape index (κ2) is 11.6. The van der Waals surface area contributed by atoms with Crippen molar-refractivity contribution in [2.45, 2.75) is 0 Å². The molecule has 0 aliphatic carbocycles. The number of H-pyrrole nitrogens is 3. The summed E-state index contributed by atoms with van der Waals surface area (Å²) in [5.74, 6) is 0. The zero-order chi connectivity index (χ0) is 23.7. The number of rotatable bonds is 6. The van der Waals surface area contributed by atoms with E-state index in [1.54, 1.807) is 18.6 Å². The van der Waals surface area contributed by atoms with E-state index in [0.29, 0.717) is 0 Å². The molecule has 0 aliphatic rings. The Bertz CT molecular complexity index is 1200. The Labute approximate surface area is 212 Å². The Kier molecular flexibility index (Phi) is 7.61. The van der Waals surface area contributed by atoms with E-state index in [9.17, 15) is 0 Å². The predicted molar refractivity (Wildman–Crippen MR) is 139 cm³/mol. The summed E-state index contributed by atoms with van der Waals surface area (Å²) in [7, 11) is 0. The molecular weight excluding hydrogens is 510 g/mol. The van der Waals surface area contributed by atoms with Gasteiger partial charge in [0.25, 0.3) is 0 Å². The molecule has 3 heterocycles. The maximum absolute atomic E-state index is 4.20. The van der Waals surface area contributed by atoms with Crippen molar-refractivity contribution in [1.29, 1.82) is 0 Å².